The van der Waals surface area contributed by atoms with Gasteiger partial charge in [0.25, 0.3) is 0 Å². The fraction of sp³-hybridized carbons (Fsp3) is 0.389. The quantitative estimate of drug-likeness (QED) is 0.781. The van der Waals surface area contributed by atoms with Crippen molar-refractivity contribution in [1.82, 2.24) is 19.7 Å². The molecule has 1 fully saturated rings. The predicted molar refractivity (Wildman–Crippen MR) is 91.8 cm³/mol. The van der Waals surface area contributed by atoms with Gasteiger partial charge >= 0.3 is 0 Å². The summed E-state index contributed by atoms with van der Waals surface area (Å²) in [5.41, 5.74) is 8.96. The molecule has 0 spiro atoms. The molecular weight excluding hydrogens is 286 g/mol. The lowest BCUT2D eigenvalue weighted by molar-refractivity contribution is 0.278. The first kappa shape index (κ1) is 14.2. The second-order valence-electron chi connectivity index (χ2n) is 6.53. The molecular formula is C18H21N5. The first-order chi connectivity index (χ1) is 11.2. The van der Waals surface area contributed by atoms with Crippen LogP contribution in [0.2, 0.25) is 0 Å². The summed E-state index contributed by atoms with van der Waals surface area (Å²) in [6.45, 7) is 2.33. The summed E-state index contributed by atoms with van der Waals surface area (Å²) in [6.07, 6.45) is 6.32. The van der Waals surface area contributed by atoms with E-state index < -0.39 is 0 Å². The molecule has 0 radical (unpaired) electrons. The van der Waals surface area contributed by atoms with Gasteiger partial charge in [0, 0.05) is 5.56 Å². The number of hydrogen-bond acceptors (Lipinski definition) is 4. The maximum Gasteiger partial charge on any atom is 0.164 e. The Balaban J connectivity index is 1.88. The number of anilines is 1. The van der Waals surface area contributed by atoms with E-state index in [2.05, 4.69) is 33.7 Å². The predicted octanol–water partition coefficient (Wildman–Crippen LogP) is 3.83. The van der Waals surface area contributed by atoms with Gasteiger partial charge in [-0.3, -0.25) is 0 Å². The van der Waals surface area contributed by atoms with E-state index in [0.717, 1.165) is 41.1 Å². The Bertz CT molecular complexity index is 816. The van der Waals surface area contributed by atoms with Crippen LogP contribution in [0.1, 0.15) is 38.6 Å². The summed E-state index contributed by atoms with van der Waals surface area (Å²) >= 11 is 0. The molecule has 1 aliphatic carbocycles. The first-order valence-electron chi connectivity index (χ1n) is 8.28. The van der Waals surface area contributed by atoms with Crippen molar-refractivity contribution in [2.45, 2.75) is 38.6 Å². The average molecular weight is 307 g/mol. The molecule has 0 amide bonds. The fourth-order valence-corrected chi connectivity index (χ4v) is 3.54. The highest BCUT2D eigenvalue weighted by molar-refractivity contribution is 5.98. The van der Waals surface area contributed by atoms with Crippen molar-refractivity contribution >= 4 is 16.9 Å². The number of fused-ring (bicyclic) bond motifs is 1. The number of rotatable bonds is 2. The Kier molecular flexibility index (Phi) is 3.48. The van der Waals surface area contributed by atoms with Crippen molar-refractivity contribution in [3.63, 3.8) is 0 Å². The molecule has 0 saturated heterocycles. The number of hydrogen-bond donors (Lipinski definition) is 1. The highest BCUT2D eigenvalue weighted by atomic mass is 15.3. The number of nitrogens with two attached hydrogens (primary N) is 1. The minimum atomic E-state index is 0.403. The van der Waals surface area contributed by atoms with Gasteiger partial charge in [-0.1, -0.05) is 37.3 Å². The molecule has 1 saturated carbocycles. The monoisotopic (exact) mass is 307 g/mol. The zero-order chi connectivity index (χ0) is 15.8. The van der Waals surface area contributed by atoms with E-state index in [4.69, 9.17) is 10.8 Å². The van der Waals surface area contributed by atoms with Gasteiger partial charge in [0.2, 0.25) is 0 Å². The Labute approximate surface area is 135 Å². The normalized spacial score (nSPS) is 21.6. The smallest absolute Gasteiger partial charge is 0.164 e. The van der Waals surface area contributed by atoms with Crippen LogP contribution in [0.15, 0.2) is 36.7 Å². The van der Waals surface area contributed by atoms with Crippen LogP contribution in [0, 0.1) is 5.92 Å². The van der Waals surface area contributed by atoms with Crippen LogP contribution in [0.5, 0.6) is 0 Å². The van der Waals surface area contributed by atoms with E-state index in [0.29, 0.717) is 11.9 Å². The van der Waals surface area contributed by atoms with E-state index >= 15 is 0 Å². The van der Waals surface area contributed by atoms with Crippen molar-refractivity contribution in [2.24, 2.45) is 5.92 Å². The molecule has 2 N–H and O–H groups in total. The number of nitrogen functional groups attached to an aromatic ring is 1. The minimum Gasteiger partial charge on any atom is -0.383 e. The summed E-state index contributed by atoms with van der Waals surface area (Å²) in [4.78, 5) is 8.67. The van der Waals surface area contributed by atoms with Crippen LogP contribution < -0.4 is 5.73 Å². The lowest BCUT2D eigenvalue weighted by atomic mass is 9.87. The van der Waals surface area contributed by atoms with Gasteiger partial charge in [0.05, 0.1) is 11.4 Å². The van der Waals surface area contributed by atoms with Gasteiger partial charge in [0.15, 0.2) is 5.65 Å². The number of nitrogens with zero attached hydrogens (tertiary/aromatic N) is 4. The first-order valence-corrected chi connectivity index (χ1v) is 8.28. The summed E-state index contributed by atoms with van der Waals surface area (Å²) in [5.74, 6) is 1.31. The molecule has 5 nitrogen and oxygen atoms in total. The van der Waals surface area contributed by atoms with E-state index in [-0.39, 0.29) is 0 Å². The molecule has 2 aromatic heterocycles. The molecule has 118 valence electrons. The van der Waals surface area contributed by atoms with Crippen LogP contribution in [-0.4, -0.2) is 19.7 Å². The number of benzene rings is 1. The van der Waals surface area contributed by atoms with Crippen LogP contribution in [-0.2, 0) is 0 Å². The molecule has 0 atom stereocenters. The van der Waals surface area contributed by atoms with Gasteiger partial charge in [-0.05, 0) is 31.6 Å². The third-order valence-electron chi connectivity index (χ3n) is 4.90. The molecule has 0 aliphatic heterocycles. The molecule has 5 heteroatoms. The van der Waals surface area contributed by atoms with Crippen LogP contribution in [0.4, 0.5) is 5.82 Å². The average Bonchev–Trinajstić information content (AvgIpc) is 2.97. The minimum absolute atomic E-state index is 0.403. The van der Waals surface area contributed by atoms with Gasteiger partial charge in [0.1, 0.15) is 17.8 Å². The Morgan fingerprint density at radius 2 is 1.78 bits per heavy atom. The Morgan fingerprint density at radius 1 is 1.04 bits per heavy atom. The summed E-state index contributed by atoms with van der Waals surface area (Å²) in [7, 11) is 0. The molecule has 1 aromatic carbocycles. The van der Waals surface area contributed by atoms with Gasteiger partial charge in [-0.25, -0.2) is 14.6 Å². The lowest BCUT2D eigenvalue weighted by Crippen LogP contribution is -2.18. The number of aromatic nitrogens is 4. The maximum atomic E-state index is 6.15. The highest BCUT2D eigenvalue weighted by Crippen LogP contribution is 2.36. The largest absolute Gasteiger partial charge is 0.383 e. The Hall–Kier alpha value is -2.43. The van der Waals surface area contributed by atoms with E-state index in [9.17, 15) is 0 Å². The molecule has 23 heavy (non-hydrogen) atoms. The van der Waals surface area contributed by atoms with Crippen molar-refractivity contribution in [2.75, 3.05) is 5.73 Å². The van der Waals surface area contributed by atoms with Crippen LogP contribution >= 0.6 is 0 Å². The van der Waals surface area contributed by atoms with Gasteiger partial charge < -0.3 is 5.73 Å². The van der Waals surface area contributed by atoms with Crippen molar-refractivity contribution in [3.05, 3.63) is 36.7 Å². The third-order valence-corrected chi connectivity index (χ3v) is 4.90. The van der Waals surface area contributed by atoms with Crippen LogP contribution in [0.25, 0.3) is 22.3 Å². The molecule has 0 bridgehead atoms. The van der Waals surface area contributed by atoms with Gasteiger partial charge in [-0.2, -0.15) is 5.10 Å². The fourth-order valence-electron chi connectivity index (χ4n) is 3.54. The second kappa shape index (κ2) is 5.65. The zero-order valence-electron chi connectivity index (χ0n) is 13.3. The zero-order valence-corrected chi connectivity index (χ0v) is 13.3. The maximum absolute atomic E-state index is 6.15. The third kappa shape index (κ3) is 2.46. The lowest BCUT2D eigenvalue weighted by Gasteiger charge is -2.26. The molecule has 3 aromatic rings. The van der Waals surface area contributed by atoms with Crippen molar-refractivity contribution < 1.29 is 0 Å². The summed E-state index contributed by atoms with van der Waals surface area (Å²) in [5, 5.41) is 5.78. The summed E-state index contributed by atoms with van der Waals surface area (Å²) < 4.78 is 2.08. The van der Waals surface area contributed by atoms with Crippen molar-refractivity contribution in [3.8, 4) is 11.3 Å². The van der Waals surface area contributed by atoms with Gasteiger partial charge in [-0.15, -0.1) is 0 Å². The SMILES string of the molecule is CC1CCC(n2nc(-c3ccccc3)c3c(N)ncnc32)CC1. The molecule has 0 unspecified atom stereocenters. The molecule has 4 rings (SSSR count). The second-order valence-corrected chi connectivity index (χ2v) is 6.53. The molecule has 1 aliphatic rings. The Morgan fingerprint density at radius 3 is 2.52 bits per heavy atom. The summed E-state index contributed by atoms with van der Waals surface area (Å²) in [6, 6.07) is 10.6. The molecule has 2 heterocycles. The topological polar surface area (TPSA) is 69.6 Å². The van der Waals surface area contributed by atoms with E-state index in [1.807, 2.05) is 18.2 Å². The van der Waals surface area contributed by atoms with Crippen LogP contribution in [0.3, 0.4) is 0 Å². The van der Waals surface area contributed by atoms with E-state index in [1.165, 1.54) is 19.2 Å². The van der Waals surface area contributed by atoms with Crippen molar-refractivity contribution in [1.29, 1.82) is 0 Å². The van der Waals surface area contributed by atoms with E-state index in [1.54, 1.807) is 0 Å². The highest BCUT2D eigenvalue weighted by Gasteiger charge is 2.25. The standard InChI is InChI=1S/C18H21N5/c1-12-7-9-14(10-8-12)23-18-15(17(19)20-11-21-18)16(22-23)13-5-3-2-4-6-13/h2-6,11-12,14H,7-10H2,1H3,(H2,19,20,21).